The summed E-state index contributed by atoms with van der Waals surface area (Å²) in [4.78, 5) is 29.3. The number of hydrogen-bond acceptors (Lipinski definition) is 4. The molecule has 7 nitrogen and oxygen atoms in total. The van der Waals surface area contributed by atoms with Crippen molar-refractivity contribution in [3.05, 3.63) is 99.8 Å². The molecule has 1 saturated carbocycles. The smallest absolute Gasteiger partial charge is 0.243 e. The first-order valence-electron chi connectivity index (χ1n) is 14.3. The van der Waals surface area contributed by atoms with Gasteiger partial charge >= 0.3 is 0 Å². The molecule has 11 heteroatoms. The summed E-state index contributed by atoms with van der Waals surface area (Å²) < 4.78 is 40.6. The number of rotatable bonds is 13. The Bertz CT molecular complexity index is 1520. The fourth-order valence-electron chi connectivity index (χ4n) is 5.39. The Hall–Kier alpha value is -3.14. The maximum Gasteiger partial charge on any atom is 0.243 e. The van der Waals surface area contributed by atoms with Crippen LogP contribution in [0.25, 0.3) is 0 Å². The quantitative estimate of drug-likeness (QED) is 0.233. The predicted molar refractivity (Wildman–Crippen MR) is 169 cm³/mol. The first-order chi connectivity index (χ1) is 20.5. The molecule has 0 aromatic heterocycles. The molecular formula is C32H36Cl2FN3O4S. The molecule has 4 rings (SSSR count). The van der Waals surface area contributed by atoms with Crippen LogP contribution in [0.4, 0.5) is 10.1 Å². The number of sulfonamides is 1. The van der Waals surface area contributed by atoms with Gasteiger partial charge in [0.15, 0.2) is 0 Å². The zero-order chi connectivity index (χ0) is 31.0. The van der Waals surface area contributed by atoms with E-state index in [0.717, 1.165) is 41.8 Å². The van der Waals surface area contributed by atoms with Gasteiger partial charge in [-0.2, -0.15) is 0 Å². The van der Waals surface area contributed by atoms with Gasteiger partial charge < -0.3 is 10.2 Å². The topological polar surface area (TPSA) is 86.8 Å². The minimum atomic E-state index is -3.83. The second kappa shape index (κ2) is 15.0. The van der Waals surface area contributed by atoms with Gasteiger partial charge in [-0.15, -0.1) is 0 Å². The SMILES string of the molecule is CS(=O)(=O)N(CCCC(=O)N(Cc1ccc(Cl)cc1Cl)[C@@H](Cc1ccccc1)C(=O)NC1CCCC1)c1ccccc1F. The van der Waals surface area contributed by atoms with Crippen LogP contribution in [0.2, 0.25) is 10.0 Å². The molecule has 43 heavy (non-hydrogen) atoms. The van der Waals surface area contributed by atoms with Crippen LogP contribution in [0, 0.1) is 5.82 Å². The van der Waals surface area contributed by atoms with Crippen molar-refractivity contribution in [3.63, 3.8) is 0 Å². The number of amides is 2. The Kier molecular flexibility index (Phi) is 11.5. The average Bonchev–Trinajstić information content (AvgIpc) is 3.47. The molecule has 0 unspecified atom stereocenters. The normalized spacial score (nSPS) is 14.3. The summed E-state index contributed by atoms with van der Waals surface area (Å²) in [6.45, 7) is -0.0633. The number of nitrogens with zero attached hydrogens (tertiary/aromatic N) is 2. The van der Waals surface area contributed by atoms with Crippen LogP contribution < -0.4 is 9.62 Å². The van der Waals surface area contributed by atoms with Gasteiger partial charge in [0.2, 0.25) is 21.8 Å². The molecule has 1 aliphatic rings. The first kappa shape index (κ1) is 32.8. The summed E-state index contributed by atoms with van der Waals surface area (Å²) in [6.07, 6.45) is 5.16. The third-order valence-electron chi connectivity index (χ3n) is 7.60. The van der Waals surface area contributed by atoms with E-state index in [2.05, 4.69) is 5.32 Å². The van der Waals surface area contributed by atoms with Gasteiger partial charge in [0, 0.05) is 42.0 Å². The summed E-state index contributed by atoms with van der Waals surface area (Å²) in [5.41, 5.74) is 1.42. The largest absolute Gasteiger partial charge is 0.352 e. The number of carbonyl (C=O) groups excluding carboxylic acids is 2. The summed E-state index contributed by atoms with van der Waals surface area (Å²) in [5, 5.41) is 3.96. The number of carbonyl (C=O) groups is 2. The molecule has 1 atom stereocenters. The molecule has 3 aromatic carbocycles. The fourth-order valence-corrected chi connectivity index (χ4v) is 6.83. The molecule has 1 fully saturated rings. The molecule has 1 aliphatic carbocycles. The van der Waals surface area contributed by atoms with Gasteiger partial charge in [0.1, 0.15) is 11.9 Å². The van der Waals surface area contributed by atoms with Crippen molar-refractivity contribution >= 4 is 50.7 Å². The number of anilines is 1. The predicted octanol–water partition coefficient (Wildman–Crippen LogP) is 6.38. The van der Waals surface area contributed by atoms with E-state index in [0.29, 0.717) is 15.6 Å². The number of nitrogens with one attached hydrogen (secondary N) is 1. The monoisotopic (exact) mass is 647 g/mol. The molecular weight excluding hydrogens is 612 g/mol. The molecule has 2 amide bonds. The molecule has 0 radical (unpaired) electrons. The van der Waals surface area contributed by atoms with Gasteiger partial charge in [-0.05, 0) is 54.7 Å². The van der Waals surface area contributed by atoms with Gasteiger partial charge in [0.25, 0.3) is 0 Å². The highest BCUT2D eigenvalue weighted by Crippen LogP contribution is 2.26. The van der Waals surface area contributed by atoms with Gasteiger partial charge in [-0.1, -0.05) is 84.6 Å². The molecule has 0 bridgehead atoms. The van der Waals surface area contributed by atoms with Crippen molar-refractivity contribution in [3.8, 4) is 0 Å². The van der Waals surface area contributed by atoms with E-state index in [9.17, 15) is 22.4 Å². The highest BCUT2D eigenvalue weighted by Gasteiger charge is 2.32. The van der Waals surface area contributed by atoms with Crippen molar-refractivity contribution in [2.24, 2.45) is 0 Å². The van der Waals surface area contributed by atoms with E-state index in [1.165, 1.54) is 23.1 Å². The minimum absolute atomic E-state index is 0.0472. The van der Waals surface area contributed by atoms with Crippen molar-refractivity contribution in [1.82, 2.24) is 10.2 Å². The maximum atomic E-state index is 14.5. The lowest BCUT2D eigenvalue weighted by atomic mass is 10.0. The standard InChI is InChI=1S/C32H36Cl2FN3O4S/c1-43(41,42)38(29-15-8-7-14-28(29)35)19-9-16-31(39)37(22-24-17-18-25(33)21-27(24)34)30(20-23-10-3-2-4-11-23)32(40)36-26-12-5-6-13-26/h2-4,7-8,10-11,14-15,17-18,21,26,30H,5-6,9,12-13,16,19-20,22H2,1H3,(H,36,40)/t30-/m0/s1. The van der Waals surface area contributed by atoms with E-state index in [1.54, 1.807) is 24.3 Å². The molecule has 0 heterocycles. The minimum Gasteiger partial charge on any atom is -0.352 e. The van der Waals surface area contributed by atoms with Crippen LogP contribution in [0.3, 0.4) is 0 Å². The molecule has 230 valence electrons. The summed E-state index contributed by atoms with van der Waals surface area (Å²) in [5.74, 6) is -1.28. The molecule has 1 N–H and O–H groups in total. The van der Waals surface area contributed by atoms with E-state index >= 15 is 0 Å². The summed E-state index contributed by atoms with van der Waals surface area (Å²) in [7, 11) is -3.83. The number of para-hydroxylation sites is 1. The molecule has 0 saturated heterocycles. The summed E-state index contributed by atoms with van der Waals surface area (Å²) >= 11 is 12.6. The first-order valence-corrected chi connectivity index (χ1v) is 16.9. The Morgan fingerprint density at radius 3 is 2.33 bits per heavy atom. The van der Waals surface area contributed by atoms with Crippen molar-refractivity contribution in [1.29, 1.82) is 0 Å². The van der Waals surface area contributed by atoms with Crippen LogP contribution in [0.15, 0.2) is 72.8 Å². The van der Waals surface area contributed by atoms with Crippen LogP contribution in [-0.4, -0.2) is 50.0 Å². The fraction of sp³-hybridized carbons (Fsp3) is 0.375. The highest BCUT2D eigenvalue weighted by atomic mass is 35.5. The maximum absolute atomic E-state index is 14.5. The Balaban J connectivity index is 1.61. The molecule has 0 aliphatic heterocycles. The second-order valence-corrected chi connectivity index (χ2v) is 13.6. The van der Waals surface area contributed by atoms with Crippen LogP contribution in [0.1, 0.15) is 49.7 Å². The Morgan fingerprint density at radius 1 is 1.00 bits per heavy atom. The van der Waals surface area contributed by atoms with Crippen LogP contribution >= 0.6 is 23.2 Å². The van der Waals surface area contributed by atoms with Crippen LogP contribution in [0.5, 0.6) is 0 Å². The Labute approximate surface area is 263 Å². The second-order valence-electron chi connectivity index (χ2n) is 10.8. The third-order valence-corrected chi connectivity index (χ3v) is 9.37. The number of hydrogen-bond donors (Lipinski definition) is 1. The van der Waals surface area contributed by atoms with E-state index < -0.39 is 21.9 Å². The third kappa shape index (κ3) is 9.17. The van der Waals surface area contributed by atoms with E-state index in [-0.39, 0.29) is 55.9 Å². The number of halogens is 3. The lowest BCUT2D eigenvalue weighted by molar-refractivity contribution is -0.141. The Morgan fingerprint density at radius 2 is 1.67 bits per heavy atom. The molecule has 0 spiro atoms. The highest BCUT2D eigenvalue weighted by molar-refractivity contribution is 7.92. The van der Waals surface area contributed by atoms with Gasteiger partial charge in [-0.3, -0.25) is 13.9 Å². The van der Waals surface area contributed by atoms with Crippen LogP contribution in [-0.2, 0) is 32.6 Å². The zero-order valence-corrected chi connectivity index (χ0v) is 26.3. The average molecular weight is 649 g/mol. The van der Waals surface area contributed by atoms with Crippen molar-refractivity contribution in [2.45, 2.75) is 63.6 Å². The van der Waals surface area contributed by atoms with E-state index in [4.69, 9.17) is 23.2 Å². The van der Waals surface area contributed by atoms with Crippen molar-refractivity contribution < 1.29 is 22.4 Å². The van der Waals surface area contributed by atoms with E-state index in [1.807, 2.05) is 30.3 Å². The van der Waals surface area contributed by atoms with Gasteiger partial charge in [0.05, 0.1) is 11.9 Å². The number of benzene rings is 3. The summed E-state index contributed by atoms with van der Waals surface area (Å²) in [6, 6.07) is 19.3. The molecule has 3 aromatic rings. The van der Waals surface area contributed by atoms with Crippen molar-refractivity contribution in [2.75, 3.05) is 17.1 Å². The van der Waals surface area contributed by atoms with Gasteiger partial charge in [-0.25, -0.2) is 12.8 Å². The lowest BCUT2D eigenvalue weighted by Gasteiger charge is -2.33. The zero-order valence-electron chi connectivity index (χ0n) is 24.0. The lowest BCUT2D eigenvalue weighted by Crippen LogP contribution is -2.52.